The maximum absolute atomic E-state index is 10.1. The van der Waals surface area contributed by atoms with Gasteiger partial charge in [0.25, 0.3) is 0 Å². The molecule has 0 aliphatic carbocycles. The lowest BCUT2D eigenvalue weighted by molar-refractivity contribution is -0.0429. The molecule has 17 heavy (non-hydrogen) atoms. The predicted molar refractivity (Wildman–Crippen MR) is 64.6 cm³/mol. The summed E-state index contributed by atoms with van der Waals surface area (Å²) < 4.78 is 10.6. The molecule has 1 saturated heterocycles. The van der Waals surface area contributed by atoms with Crippen molar-refractivity contribution in [3.05, 3.63) is 35.9 Å². The van der Waals surface area contributed by atoms with E-state index in [4.69, 9.17) is 9.47 Å². The van der Waals surface area contributed by atoms with Crippen molar-refractivity contribution in [3.63, 3.8) is 0 Å². The van der Waals surface area contributed by atoms with E-state index in [1.165, 1.54) is 0 Å². The van der Waals surface area contributed by atoms with E-state index in [2.05, 4.69) is 5.32 Å². The molecule has 1 aromatic rings. The Morgan fingerprint density at radius 1 is 1.29 bits per heavy atom. The van der Waals surface area contributed by atoms with Crippen LogP contribution in [0, 0.1) is 0 Å². The predicted octanol–water partition coefficient (Wildman–Crippen LogP) is 1.07. The van der Waals surface area contributed by atoms with E-state index < -0.39 is 6.10 Å². The highest BCUT2D eigenvalue weighted by Gasteiger charge is 2.20. The standard InChI is InChI=1S/C13H19NO3/c1-10(14-9-12-16-7-8-17-12)13(15)11-5-3-2-4-6-11/h2-6,10,12-15H,7-9H2,1H3. The van der Waals surface area contributed by atoms with Crippen LogP contribution in [0.4, 0.5) is 0 Å². The fraction of sp³-hybridized carbons (Fsp3) is 0.538. The summed E-state index contributed by atoms with van der Waals surface area (Å²) in [7, 11) is 0. The second-order valence-corrected chi connectivity index (χ2v) is 4.22. The summed E-state index contributed by atoms with van der Waals surface area (Å²) in [5, 5.41) is 13.3. The minimum absolute atomic E-state index is 0.0369. The molecule has 2 atom stereocenters. The van der Waals surface area contributed by atoms with Gasteiger partial charge in [-0.05, 0) is 12.5 Å². The Balaban J connectivity index is 1.80. The van der Waals surface area contributed by atoms with Gasteiger partial charge in [0.1, 0.15) is 0 Å². The van der Waals surface area contributed by atoms with Gasteiger partial charge in [-0.15, -0.1) is 0 Å². The maximum atomic E-state index is 10.1. The molecule has 2 N–H and O–H groups in total. The van der Waals surface area contributed by atoms with E-state index >= 15 is 0 Å². The Morgan fingerprint density at radius 2 is 1.94 bits per heavy atom. The summed E-state index contributed by atoms with van der Waals surface area (Å²) in [6.07, 6.45) is -0.696. The molecule has 0 spiro atoms. The minimum atomic E-state index is -0.516. The van der Waals surface area contributed by atoms with Crippen LogP contribution in [0.25, 0.3) is 0 Å². The summed E-state index contributed by atoms with van der Waals surface area (Å²) >= 11 is 0. The smallest absolute Gasteiger partial charge is 0.170 e. The van der Waals surface area contributed by atoms with E-state index in [-0.39, 0.29) is 12.3 Å². The summed E-state index contributed by atoms with van der Waals surface area (Å²) in [4.78, 5) is 0. The van der Waals surface area contributed by atoms with Crippen molar-refractivity contribution >= 4 is 0 Å². The van der Waals surface area contributed by atoms with Crippen molar-refractivity contribution in [2.45, 2.75) is 25.4 Å². The Kier molecular flexibility index (Phi) is 4.50. The molecule has 2 rings (SSSR count). The van der Waals surface area contributed by atoms with E-state index in [9.17, 15) is 5.11 Å². The van der Waals surface area contributed by atoms with Crippen LogP contribution in [0.1, 0.15) is 18.6 Å². The number of benzene rings is 1. The van der Waals surface area contributed by atoms with Gasteiger partial charge < -0.3 is 19.9 Å². The van der Waals surface area contributed by atoms with E-state index in [0.717, 1.165) is 5.56 Å². The molecule has 1 aromatic carbocycles. The van der Waals surface area contributed by atoms with Crippen LogP contribution in [0.15, 0.2) is 30.3 Å². The Labute approximate surface area is 102 Å². The highest BCUT2D eigenvalue weighted by atomic mass is 16.7. The number of aliphatic hydroxyl groups excluding tert-OH is 1. The monoisotopic (exact) mass is 237 g/mol. The number of aliphatic hydroxyl groups is 1. The Morgan fingerprint density at radius 3 is 2.59 bits per heavy atom. The fourth-order valence-electron chi connectivity index (χ4n) is 1.86. The first-order valence-electron chi connectivity index (χ1n) is 5.97. The van der Waals surface area contributed by atoms with Gasteiger partial charge in [0.15, 0.2) is 6.29 Å². The molecular weight excluding hydrogens is 218 g/mol. The molecule has 1 fully saturated rings. The highest BCUT2D eigenvalue weighted by molar-refractivity contribution is 5.18. The van der Waals surface area contributed by atoms with E-state index in [1.807, 2.05) is 37.3 Å². The van der Waals surface area contributed by atoms with Crippen molar-refractivity contribution in [2.75, 3.05) is 19.8 Å². The third kappa shape index (κ3) is 3.51. The fourth-order valence-corrected chi connectivity index (χ4v) is 1.86. The van der Waals surface area contributed by atoms with Gasteiger partial charge in [0, 0.05) is 12.6 Å². The molecule has 0 radical (unpaired) electrons. The number of rotatable bonds is 5. The molecule has 94 valence electrons. The first kappa shape index (κ1) is 12.5. The normalized spacial score (nSPS) is 20.4. The zero-order valence-corrected chi connectivity index (χ0v) is 10.0. The van der Waals surface area contributed by atoms with Crippen LogP contribution in [0.2, 0.25) is 0 Å². The molecule has 4 nitrogen and oxygen atoms in total. The van der Waals surface area contributed by atoms with Crippen molar-refractivity contribution in [2.24, 2.45) is 0 Å². The van der Waals surface area contributed by atoms with Gasteiger partial charge in [-0.1, -0.05) is 30.3 Å². The second-order valence-electron chi connectivity index (χ2n) is 4.22. The summed E-state index contributed by atoms with van der Waals surface area (Å²) in [6, 6.07) is 9.60. The van der Waals surface area contributed by atoms with Gasteiger partial charge in [-0.3, -0.25) is 0 Å². The second kappa shape index (κ2) is 6.12. The summed E-state index contributed by atoms with van der Waals surface area (Å²) in [5.74, 6) is 0. The number of nitrogens with one attached hydrogen (secondary N) is 1. The lowest BCUT2D eigenvalue weighted by Gasteiger charge is -2.22. The summed E-state index contributed by atoms with van der Waals surface area (Å²) in [6.45, 7) is 3.86. The number of hydrogen-bond donors (Lipinski definition) is 2. The molecular formula is C13H19NO3. The zero-order chi connectivity index (χ0) is 12.1. The lowest BCUT2D eigenvalue weighted by atomic mass is 10.0. The lowest BCUT2D eigenvalue weighted by Crippen LogP contribution is -2.37. The Hall–Kier alpha value is -0.940. The van der Waals surface area contributed by atoms with Gasteiger partial charge in [0.05, 0.1) is 19.3 Å². The van der Waals surface area contributed by atoms with Gasteiger partial charge >= 0.3 is 0 Å². The minimum Gasteiger partial charge on any atom is -0.387 e. The van der Waals surface area contributed by atoms with Crippen LogP contribution in [-0.4, -0.2) is 37.2 Å². The van der Waals surface area contributed by atoms with Crippen LogP contribution >= 0.6 is 0 Å². The first-order valence-corrected chi connectivity index (χ1v) is 5.97. The quantitative estimate of drug-likeness (QED) is 0.804. The molecule has 1 aliphatic rings. The molecule has 0 bridgehead atoms. The van der Waals surface area contributed by atoms with Gasteiger partial charge in [-0.2, -0.15) is 0 Å². The average molecular weight is 237 g/mol. The third-order valence-electron chi connectivity index (χ3n) is 2.91. The molecule has 0 amide bonds. The molecule has 0 aromatic heterocycles. The summed E-state index contributed by atoms with van der Waals surface area (Å²) in [5.41, 5.74) is 0.917. The SMILES string of the molecule is CC(NCC1OCCO1)C(O)c1ccccc1. The van der Waals surface area contributed by atoms with E-state index in [1.54, 1.807) is 0 Å². The van der Waals surface area contributed by atoms with Crippen molar-refractivity contribution < 1.29 is 14.6 Å². The number of ether oxygens (including phenoxy) is 2. The Bertz CT molecular complexity index is 325. The topological polar surface area (TPSA) is 50.7 Å². The van der Waals surface area contributed by atoms with Crippen LogP contribution < -0.4 is 5.32 Å². The van der Waals surface area contributed by atoms with Crippen LogP contribution in [0.3, 0.4) is 0 Å². The molecule has 1 heterocycles. The average Bonchev–Trinajstić information content (AvgIpc) is 2.89. The van der Waals surface area contributed by atoms with Crippen LogP contribution in [-0.2, 0) is 9.47 Å². The van der Waals surface area contributed by atoms with Crippen molar-refractivity contribution in [1.29, 1.82) is 0 Å². The number of hydrogen-bond acceptors (Lipinski definition) is 4. The van der Waals surface area contributed by atoms with Crippen LogP contribution in [0.5, 0.6) is 0 Å². The van der Waals surface area contributed by atoms with Gasteiger partial charge in [-0.25, -0.2) is 0 Å². The molecule has 0 saturated carbocycles. The van der Waals surface area contributed by atoms with Gasteiger partial charge in [0.2, 0.25) is 0 Å². The van der Waals surface area contributed by atoms with Crippen molar-refractivity contribution in [1.82, 2.24) is 5.32 Å². The molecule has 2 unspecified atom stereocenters. The molecule has 1 aliphatic heterocycles. The highest BCUT2D eigenvalue weighted by Crippen LogP contribution is 2.16. The van der Waals surface area contributed by atoms with E-state index in [0.29, 0.717) is 19.8 Å². The third-order valence-corrected chi connectivity index (χ3v) is 2.91. The zero-order valence-electron chi connectivity index (χ0n) is 10.0. The maximum Gasteiger partial charge on any atom is 0.170 e. The first-order chi connectivity index (χ1) is 8.27. The molecule has 4 heteroatoms. The largest absolute Gasteiger partial charge is 0.387 e. The van der Waals surface area contributed by atoms with Crippen molar-refractivity contribution in [3.8, 4) is 0 Å².